The molecule has 0 radical (unpaired) electrons. The molecule has 0 atom stereocenters. The second-order valence-electron chi connectivity index (χ2n) is 7.36. The SMILES string of the molecule is CCCCCCCCc1cc(S(=O)(=O)Cl)cc2c(=O)c3cc(C(=O)O)ccc3oc12. The smallest absolute Gasteiger partial charge is 0.335 e. The summed E-state index contributed by atoms with van der Waals surface area (Å²) >= 11 is 0. The average Bonchev–Trinajstić information content (AvgIpc) is 2.69. The quantitative estimate of drug-likeness (QED) is 0.263. The van der Waals surface area contributed by atoms with Crippen molar-refractivity contribution in [2.75, 3.05) is 0 Å². The molecule has 0 spiro atoms. The Morgan fingerprint density at radius 3 is 2.40 bits per heavy atom. The van der Waals surface area contributed by atoms with Crippen molar-refractivity contribution in [2.45, 2.75) is 56.8 Å². The molecule has 0 unspecified atom stereocenters. The van der Waals surface area contributed by atoms with E-state index in [1.807, 2.05) is 0 Å². The highest BCUT2D eigenvalue weighted by atomic mass is 35.7. The van der Waals surface area contributed by atoms with Crippen molar-refractivity contribution in [3.05, 3.63) is 51.7 Å². The largest absolute Gasteiger partial charge is 0.478 e. The lowest BCUT2D eigenvalue weighted by Crippen LogP contribution is -2.07. The molecule has 0 bridgehead atoms. The van der Waals surface area contributed by atoms with Crippen molar-refractivity contribution in [3.8, 4) is 0 Å². The summed E-state index contributed by atoms with van der Waals surface area (Å²) in [6, 6.07) is 6.70. The van der Waals surface area contributed by atoms with Crippen LogP contribution in [0.4, 0.5) is 0 Å². The second kappa shape index (κ2) is 9.18. The number of rotatable bonds is 9. The zero-order valence-electron chi connectivity index (χ0n) is 16.6. The molecule has 160 valence electrons. The molecule has 0 saturated heterocycles. The van der Waals surface area contributed by atoms with Gasteiger partial charge in [0.05, 0.1) is 21.2 Å². The van der Waals surface area contributed by atoms with Crippen molar-refractivity contribution in [1.82, 2.24) is 0 Å². The highest BCUT2D eigenvalue weighted by Crippen LogP contribution is 2.28. The van der Waals surface area contributed by atoms with Gasteiger partial charge in [-0.2, -0.15) is 0 Å². The molecule has 2 aromatic carbocycles. The Bertz CT molecular complexity index is 1260. The van der Waals surface area contributed by atoms with Gasteiger partial charge in [0, 0.05) is 10.7 Å². The van der Waals surface area contributed by atoms with Gasteiger partial charge >= 0.3 is 5.97 Å². The number of carboxylic acid groups (broad SMARTS) is 1. The fraction of sp³-hybridized carbons (Fsp3) is 0.364. The monoisotopic (exact) mass is 450 g/mol. The molecular weight excluding hydrogens is 428 g/mol. The third kappa shape index (κ3) is 4.84. The van der Waals surface area contributed by atoms with Gasteiger partial charge in [-0.25, -0.2) is 13.2 Å². The number of hydrogen-bond donors (Lipinski definition) is 1. The number of hydrogen-bond acceptors (Lipinski definition) is 5. The second-order valence-corrected chi connectivity index (χ2v) is 9.93. The number of carbonyl (C=O) groups is 1. The fourth-order valence-corrected chi connectivity index (χ4v) is 4.36. The average molecular weight is 451 g/mol. The molecule has 0 aliphatic carbocycles. The van der Waals surface area contributed by atoms with Gasteiger partial charge in [0.2, 0.25) is 5.43 Å². The van der Waals surface area contributed by atoms with Crippen molar-refractivity contribution in [1.29, 1.82) is 0 Å². The van der Waals surface area contributed by atoms with Crippen molar-refractivity contribution in [3.63, 3.8) is 0 Å². The Kier molecular flexibility index (Phi) is 6.83. The minimum absolute atomic E-state index is 0.0532. The first-order valence-electron chi connectivity index (χ1n) is 9.94. The number of aromatic carboxylic acids is 1. The summed E-state index contributed by atoms with van der Waals surface area (Å²) in [5.41, 5.74) is 0.628. The molecule has 0 fully saturated rings. The van der Waals surface area contributed by atoms with Gasteiger partial charge in [-0.15, -0.1) is 0 Å². The van der Waals surface area contributed by atoms with Gasteiger partial charge in [-0.1, -0.05) is 39.0 Å². The van der Waals surface area contributed by atoms with Crippen LogP contribution in [0.3, 0.4) is 0 Å². The highest BCUT2D eigenvalue weighted by Gasteiger charge is 2.19. The summed E-state index contributed by atoms with van der Waals surface area (Å²) in [6.45, 7) is 2.15. The molecule has 0 aliphatic rings. The predicted molar refractivity (Wildman–Crippen MR) is 117 cm³/mol. The lowest BCUT2D eigenvalue weighted by Gasteiger charge is -2.10. The zero-order valence-corrected chi connectivity index (χ0v) is 18.2. The van der Waals surface area contributed by atoms with Gasteiger partial charge in [-0.05, 0) is 48.7 Å². The van der Waals surface area contributed by atoms with Gasteiger partial charge in [0.15, 0.2) is 0 Å². The van der Waals surface area contributed by atoms with Crippen LogP contribution in [0.25, 0.3) is 21.9 Å². The number of unbranched alkanes of at least 4 members (excludes halogenated alkanes) is 5. The minimum atomic E-state index is -4.05. The predicted octanol–water partition coefficient (Wildman–Crippen LogP) is 5.47. The standard InChI is InChI=1S/C22H23ClO6S/c1-2-3-4-5-6-7-8-14-11-16(30(23,27)28)13-18-20(24)17-12-15(22(25)26)9-10-19(17)29-21(14)18/h9-13H,2-8H2,1H3,(H,25,26). The van der Waals surface area contributed by atoms with Crippen LogP contribution in [-0.2, 0) is 15.5 Å². The lowest BCUT2D eigenvalue weighted by molar-refractivity contribution is 0.0697. The molecular formula is C22H23ClO6S. The van der Waals surface area contributed by atoms with E-state index in [4.69, 9.17) is 15.1 Å². The number of halogens is 1. The first-order chi connectivity index (χ1) is 14.2. The summed E-state index contributed by atoms with van der Waals surface area (Å²) in [7, 11) is 1.50. The topological polar surface area (TPSA) is 102 Å². The van der Waals surface area contributed by atoms with E-state index < -0.39 is 20.4 Å². The molecule has 0 aliphatic heterocycles. The molecule has 1 heterocycles. The van der Waals surface area contributed by atoms with Crippen LogP contribution in [0.1, 0.15) is 61.4 Å². The van der Waals surface area contributed by atoms with E-state index in [-0.39, 0.29) is 26.8 Å². The summed E-state index contributed by atoms with van der Waals surface area (Å²) in [6.07, 6.45) is 6.93. The fourth-order valence-electron chi connectivity index (χ4n) is 3.56. The summed E-state index contributed by atoms with van der Waals surface area (Å²) in [4.78, 5) is 24.1. The highest BCUT2D eigenvalue weighted by molar-refractivity contribution is 8.13. The lowest BCUT2D eigenvalue weighted by atomic mass is 10.0. The Balaban J connectivity index is 2.11. The first kappa shape index (κ1) is 22.3. The Labute approximate surface area is 178 Å². The van der Waals surface area contributed by atoms with Crippen LogP contribution in [0, 0.1) is 0 Å². The third-order valence-corrected chi connectivity index (χ3v) is 6.48. The van der Waals surface area contributed by atoms with Crippen molar-refractivity contribution in [2.24, 2.45) is 0 Å². The molecule has 0 amide bonds. The molecule has 0 saturated carbocycles. The van der Waals surface area contributed by atoms with Crippen LogP contribution in [0.2, 0.25) is 0 Å². The molecule has 1 aromatic heterocycles. The van der Waals surface area contributed by atoms with Crippen LogP contribution in [0.5, 0.6) is 0 Å². The summed E-state index contributed by atoms with van der Waals surface area (Å²) in [5, 5.41) is 9.35. The van der Waals surface area contributed by atoms with Gasteiger partial charge in [0.1, 0.15) is 11.2 Å². The van der Waals surface area contributed by atoms with E-state index in [1.165, 1.54) is 36.8 Å². The summed E-state index contributed by atoms with van der Waals surface area (Å²) in [5.74, 6) is -1.17. The van der Waals surface area contributed by atoms with E-state index in [0.717, 1.165) is 32.1 Å². The normalized spacial score (nSPS) is 11.9. The van der Waals surface area contributed by atoms with Gasteiger partial charge < -0.3 is 9.52 Å². The van der Waals surface area contributed by atoms with Crippen LogP contribution in [0.15, 0.2) is 44.4 Å². The van der Waals surface area contributed by atoms with Crippen LogP contribution < -0.4 is 5.43 Å². The number of carboxylic acids is 1. The Morgan fingerprint density at radius 1 is 1.03 bits per heavy atom. The Morgan fingerprint density at radius 2 is 1.73 bits per heavy atom. The molecule has 3 aromatic rings. The van der Waals surface area contributed by atoms with E-state index >= 15 is 0 Å². The van der Waals surface area contributed by atoms with Gasteiger partial charge in [0.25, 0.3) is 9.05 Å². The molecule has 3 rings (SSSR count). The summed E-state index contributed by atoms with van der Waals surface area (Å²) < 4.78 is 29.8. The molecule has 8 heteroatoms. The molecule has 1 N–H and O–H groups in total. The van der Waals surface area contributed by atoms with E-state index in [0.29, 0.717) is 17.6 Å². The number of benzene rings is 2. The maximum Gasteiger partial charge on any atom is 0.335 e. The maximum atomic E-state index is 13.1. The van der Waals surface area contributed by atoms with Crippen molar-refractivity contribution < 1.29 is 22.7 Å². The number of fused-ring (bicyclic) bond motifs is 2. The van der Waals surface area contributed by atoms with Crippen molar-refractivity contribution >= 4 is 47.6 Å². The number of aryl methyl sites for hydroxylation is 1. The van der Waals surface area contributed by atoms with E-state index in [2.05, 4.69) is 6.92 Å². The third-order valence-electron chi connectivity index (χ3n) is 5.15. The van der Waals surface area contributed by atoms with Crippen LogP contribution >= 0.6 is 10.7 Å². The van der Waals surface area contributed by atoms with Gasteiger partial charge in [-0.3, -0.25) is 4.79 Å². The first-order valence-corrected chi connectivity index (χ1v) is 12.2. The maximum absolute atomic E-state index is 13.1. The molecule has 30 heavy (non-hydrogen) atoms. The van der Waals surface area contributed by atoms with E-state index in [9.17, 15) is 23.1 Å². The molecule has 6 nitrogen and oxygen atoms in total. The minimum Gasteiger partial charge on any atom is -0.478 e. The Hall–Kier alpha value is -2.38. The van der Waals surface area contributed by atoms with Crippen LogP contribution in [-0.4, -0.2) is 19.5 Å². The zero-order chi connectivity index (χ0) is 21.9. The van der Waals surface area contributed by atoms with E-state index in [1.54, 1.807) is 0 Å².